The lowest BCUT2D eigenvalue weighted by molar-refractivity contribution is -0.135. The second-order valence-electron chi connectivity index (χ2n) is 8.02. The third-order valence-electron chi connectivity index (χ3n) is 6.56. The fourth-order valence-electron chi connectivity index (χ4n) is 5.39. The number of anilines is 2. The van der Waals surface area contributed by atoms with Gasteiger partial charge >= 0.3 is 0 Å². The van der Waals surface area contributed by atoms with Gasteiger partial charge in [-0.1, -0.05) is 27.5 Å². The van der Waals surface area contributed by atoms with Crippen LogP contribution in [0.3, 0.4) is 0 Å². The van der Waals surface area contributed by atoms with E-state index in [0.29, 0.717) is 22.9 Å². The first-order valence-electron chi connectivity index (χ1n) is 9.97. The number of halogens is 2. The number of carbonyl (C=O) groups excluding carboxylic acids is 2. The largest absolute Gasteiger partial charge is 0.495 e. The van der Waals surface area contributed by atoms with Crippen LogP contribution in [0.15, 0.2) is 40.9 Å². The molecule has 5 rings (SSSR count). The first kappa shape index (κ1) is 19.8. The minimum Gasteiger partial charge on any atom is -0.495 e. The van der Waals surface area contributed by atoms with Gasteiger partial charge in [0.05, 0.1) is 18.7 Å². The Hall–Kier alpha value is -2.09. The van der Waals surface area contributed by atoms with Crippen LogP contribution < -0.4 is 15.4 Å². The SMILES string of the molecule is COc1ccc(Cl)cc1NC(=O)C1CC2CCCN2[C@@]12C(=O)Nc1ccc(Br)cc12. The molecular weight excluding hydrogens is 470 g/mol. The molecule has 0 bridgehead atoms. The molecule has 30 heavy (non-hydrogen) atoms. The Kier molecular flexibility index (Phi) is 4.80. The van der Waals surface area contributed by atoms with Crippen molar-refractivity contribution in [3.05, 3.63) is 51.5 Å². The summed E-state index contributed by atoms with van der Waals surface area (Å²) < 4.78 is 6.26. The highest BCUT2D eigenvalue weighted by Gasteiger charge is 2.65. The van der Waals surface area contributed by atoms with E-state index in [1.807, 2.05) is 18.2 Å². The van der Waals surface area contributed by atoms with Crippen LogP contribution in [0, 0.1) is 5.92 Å². The van der Waals surface area contributed by atoms with E-state index >= 15 is 0 Å². The van der Waals surface area contributed by atoms with Crippen molar-refractivity contribution in [1.29, 1.82) is 0 Å². The van der Waals surface area contributed by atoms with Crippen LogP contribution in [0.4, 0.5) is 11.4 Å². The standard InChI is InChI=1S/C22H21BrClN3O3/c1-30-19-7-5-13(24)10-18(19)25-20(28)16-11-14-3-2-8-27(14)22(16)15-9-12(23)4-6-17(15)26-21(22)29/h4-7,9-10,14,16H,2-3,8,11H2,1H3,(H,25,28)(H,26,29)/t14?,16?,22-/m1/s1. The molecule has 0 aliphatic carbocycles. The maximum absolute atomic E-state index is 13.6. The van der Waals surface area contributed by atoms with Crippen molar-refractivity contribution in [3.63, 3.8) is 0 Å². The Labute approximate surface area is 188 Å². The van der Waals surface area contributed by atoms with Gasteiger partial charge in [-0.15, -0.1) is 0 Å². The summed E-state index contributed by atoms with van der Waals surface area (Å²) in [4.78, 5) is 29.3. The number of amides is 2. The molecule has 3 aliphatic rings. The normalized spacial score (nSPS) is 27.1. The second kappa shape index (κ2) is 7.25. The Morgan fingerprint density at radius 2 is 2.17 bits per heavy atom. The fraction of sp³-hybridized carbons (Fsp3) is 0.364. The van der Waals surface area contributed by atoms with Crippen LogP contribution in [0.2, 0.25) is 5.02 Å². The van der Waals surface area contributed by atoms with Crippen molar-refractivity contribution in [2.24, 2.45) is 5.92 Å². The quantitative estimate of drug-likeness (QED) is 0.670. The predicted molar refractivity (Wildman–Crippen MR) is 119 cm³/mol. The summed E-state index contributed by atoms with van der Waals surface area (Å²) in [7, 11) is 1.55. The lowest BCUT2D eigenvalue weighted by Gasteiger charge is -2.36. The number of carbonyl (C=O) groups is 2. The zero-order valence-electron chi connectivity index (χ0n) is 16.4. The monoisotopic (exact) mass is 489 g/mol. The van der Waals surface area contributed by atoms with Crippen molar-refractivity contribution in [2.45, 2.75) is 30.8 Å². The molecule has 0 saturated carbocycles. The molecule has 156 valence electrons. The zero-order valence-corrected chi connectivity index (χ0v) is 18.7. The number of rotatable bonds is 3. The number of methoxy groups -OCH3 is 1. The molecule has 0 aromatic heterocycles. The van der Waals surface area contributed by atoms with Crippen molar-refractivity contribution in [3.8, 4) is 5.75 Å². The topological polar surface area (TPSA) is 70.7 Å². The van der Waals surface area contributed by atoms with E-state index in [1.54, 1.807) is 25.3 Å². The van der Waals surface area contributed by atoms with Gasteiger partial charge < -0.3 is 15.4 Å². The molecule has 2 saturated heterocycles. The number of fused-ring (bicyclic) bond motifs is 4. The Bertz CT molecular complexity index is 1060. The van der Waals surface area contributed by atoms with Gasteiger partial charge in [-0.25, -0.2) is 0 Å². The van der Waals surface area contributed by atoms with Crippen molar-refractivity contribution in [2.75, 3.05) is 24.3 Å². The molecule has 2 unspecified atom stereocenters. The van der Waals surface area contributed by atoms with Gasteiger partial charge in [-0.3, -0.25) is 14.5 Å². The molecule has 2 aromatic carbocycles. The second-order valence-corrected chi connectivity index (χ2v) is 9.37. The fourth-order valence-corrected chi connectivity index (χ4v) is 5.93. The third-order valence-corrected chi connectivity index (χ3v) is 7.29. The number of nitrogens with one attached hydrogen (secondary N) is 2. The molecule has 1 spiro atoms. The van der Waals surface area contributed by atoms with Crippen LogP contribution in [-0.2, 0) is 15.1 Å². The van der Waals surface area contributed by atoms with E-state index in [-0.39, 0.29) is 17.9 Å². The molecule has 3 heterocycles. The zero-order chi connectivity index (χ0) is 21.0. The van der Waals surface area contributed by atoms with Crippen LogP contribution in [0.1, 0.15) is 24.8 Å². The first-order valence-corrected chi connectivity index (χ1v) is 11.1. The molecule has 2 aromatic rings. The van der Waals surface area contributed by atoms with E-state index in [9.17, 15) is 9.59 Å². The van der Waals surface area contributed by atoms with Crippen molar-refractivity contribution >= 4 is 50.7 Å². The van der Waals surface area contributed by atoms with Gasteiger partial charge in [0.25, 0.3) is 0 Å². The number of benzene rings is 2. The molecule has 6 nitrogen and oxygen atoms in total. The summed E-state index contributed by atoms with van der Waals surface area (Å²) in [6.07, 6.45) is 2.65. The Morgan fingerprint density at radius 3 is 2.97 bits per heavy atom. The maximum atomic E-state index is 13.6. The Morgan fingerprint density at radius 1 is 1.33 bits per heavy atom. The molecule has 3 atom stereocenters. The third kappa shape index (κ3) is 2.79. The number of ether oxygens (including phenoxy) is 1. The molecule has 0 radical (unpaired) electrons. The predicted octanol–water partition coefficient (Wildman–Crippen LogP) is 4.38. The molecule has 8 heteroatoms. The first-order chi connectivity index (χ1) is 14.4. The van der Waals surface area contributed by atoms with Gasteiger partial charge in [0.1, 0.15) is 11.3 Å². The summed E-state index contributed by atoms with van der Waals surface area (Å²) in [5.41, 5.74) is 1.14. The van der Waals surface area contributed by atoms with Gasteiger partial charge in [0.2, 0.25) is 11.8 Å². The van der Waals surface area contributed by atoms with E-state index in [2.05, 4.69) is 31.5 Å². The van der Waals surface area contributed by atoms with Crippen molar-refractivity contribution in [1.82, 2.24) is 4.90 Å². The van der Waals surface area contributed by atoms with Gasteiger partial charge in [0, 0.05) is 26.8 Å². The summed E-state index contributed by atoms with van der Waals surface area (Å²) >= 11 is 9.67. The highest BCUT2D eigenvalue weighted by atomic mass is 79.9. The average Bonchev–Trinajstić information content (AvgIpc) is 3.37. The maximum Gasteiger partial charge on any atom is 0.250 e. The summed E-state index contributed by atoms with van der Waals surface area (Å²) in [5.74, 6) is -0.326. The van der Waals surface area contributed by atoms with E-state index in [1.165, 1.54) is 0 Å². The Balaban J connectivity index is 1.59. The van der Waals surface area contributed by atoms with E-state index in [0.717, 1.165) is 35.1 Å². The highest BCUT2D eigenvalue weighted by Crippen LogP contribution is 2.56. The number of hydrogen-bond acceptors (Lipinski definition) is 4. The minimum atomic E-state index is -1.00. The van der Waals surface area contributed by atoms with Crippen molar-refractivity contribution < 1.29 is 14.3 Å². The van der Waals surface area contributed by atoms with Gasteiger partial charge in [-0.2, -0.15) is 0 Å². The number of hydrogen-bond donors (Lipinski definition) is 2. The number of nitrogens with zero attached hydrogens (tertiary/aromatic N) is 1. The van der Waals surface area contributed by atoms with Crippen LogP contribution in [-0.4, -0.2) is 36.4 Å². The molecule has 2 N–H and O–H groups in total. The summed E-state index contributed by atoms with van der Waals surface area (Å²) in [5, 5.41) is 6.51. The lowest BCUT2D eigenvalue weighted by atomic mass is 9.78. The van der Waals surface area contributed by atoms with E-state index in [4.69, 9.17) is 16.3 Å². The van der Waals surface area contributed by atoms with E-state index < -0.39 is 11.5 Å². The van der Waals surface area contributed by atoms with Crippen LogP contribution in [0.5, 0.6) is 5.75 Å². The summed E-state index contributed by atoms with van der Waals surface area (Å²) in [6.45, 7) is 0.800. The lowest BCUT2D eigenvalue weighted by Crippen LogP contribution is -2.53. The summed E-state index contributed by atoms with van der Waals surface area (Å²) in [6, 6.07) is 11.1. The molecular formula is C22H21BrClN3O3. The average molecular weight is 491 g/mol. The van der Waals surface area contributed by atoms with Gasteiger partial charge in [0.15, 0.2) is 0 Å². The smallest absolute Gasteiger partial charge is 0.250 e. The highest BCUT2D eigenvalue weighted by molar-refractivity contribution is 9.10. The van der Waals surface area contributed by atoms with Crippen LogP contribution in [0.25, 0.3) is 0 Å². The van der Waals surface area contributed by atoms with Crippen LogP contribution >= 0.6 is 27.5 Å². The van der Waals surface area contributed by atoms with Gasteiger partial charge in [-0.05, 0) is 62.2 Å². The molecule has 2 amide bonds. The molecule has 2 fully saturated rings. The molecule has 3 aliphatic heterocycles. The minimum absolute atomic E-state index is 0.127.